The molecule has 1 aliphatic heterocycles. The lowest BCUT2D eigenvalue weighted by molar-refractivity contribution is 0.0684. The molecule has 2 aromatic rings. The highest BCUT2D eigenvalue weighted by Crippen LogP contribution is 2.35. The molecule has 112 valence electrons. The molecule has 0 saturated carbocycles. The zero-order valence-electron chi connectivity index (χ0n) is 12.3. The van der Waals surface area contributed by atoms with Crippen LogP contribution in [0.1, 0.15) is 48.7 Å². The normalized spacial score (nSPS) is 19.7. The maximum atomic E-state index is 12.9. The maximum Gasteiger partial charge on any atom is 0.266 e. The van der Waals surface area contributed by atoms with Gasteiger partial charge in [0.25, 0.3) is 5.91 Å². The minimum Gasteiger partial charge on any atom is -0.397 e. The molecule has 0 aromatic carbocycles. The van der Waals surface area contributed by atoms with Crippen LogP contribution >= 0.6 is 11.3 Å². The molecule has 21 heavy (non-hydrogen) atoms. The van der Waals surface area contributed by atoms with Gasteiger partial charge in [0.2, 0.25) is 0 Å². The lowest BCUT2D eigenvalue weighted by atomic mass is 10.1. The molecule has 0 aliphatic carbocycles. The smallest absolute Gasteiger partial charge is 0.266 e. The molecule has 4 nitrogen and oxygen atoms in total. The zero-order valence-corrected chi connectivity index (χ0v) is 13.2. The predicted molar refractivity (Wildman–Crippen MR) is 87.6 cm³/mol. The Labute approximate surface area is 129 Å². The molecular weight excluding hydrogens is 282 g/mol. The second-order valence-corrected chi connectivity index (χ2v) is 6.68. The second kappa shape index (κ2) is 6.02. The van der Waals surface area contributed by atoms with E-state index in [1.165, 1.54) is 24.2 Å². The standard InChI is InChI=1S/C16H21N3OS/c1-2-11-6-4-3-5-9-19(11)16(20)15-14(17)12-7-8-18-10-13(12)21-15/h7-8,10-11H,2-6,9,17H2,1H3. The fraction of sp³-hybridized carbons (Fsp3) is 0.500. The average molecular weight is 303 g/mol. The molecule has 1 atom stereocenters. The minimum absolute atomic E-state index is 0.0995. The van der Waals surface area contributed by atoms with Gasteiger partial charge in [0.1, 0.15) is 4.88 Å². The average Bonchev–Trinajstić information content (AvgIpc) is 2.71. The number of rotatable bonds is 2. The van der Waals surface area contributed by atoms with Crippen LogP contribution < -0.4 is 5.73 Å². The van der Waals surface area contributed by atoms with Gasteiger partial charge in [-0.15, -0.1) is 11.3 Å². The molecule has 1 amide bonds. The molecule has 1 unspecified atom stereocenters. The molecule has 0 bridgehead atoms. The molecule has 1 saturated heterocycles. The van der Waals surface area contributed by atoms with Crippen LogP contribution in [0.4, 0.5) is 5.69 Å². The van der Waals surface area contributed by atoms with Crippen LogP contribution in [0.5, 0.6) is 0 Å². The Morgan fingerprint density at radius 2 is 2.33 bits per heavy atom. The molecule has 1 fully saturated rings. The van der Waals surface area contributed by atoms with E-state index in [4.69, 9.17) is 5.73 Å². The van der Waals surface area contributed by atoms with Crippen molar-refractivity contribution < 1.29 is 4.79 Å². The van der Waals surface area contributed by atoms with Gasteiger partial charge in [0, 0.05) is 30.4 Å². The first-order chi connectivity index (χ1) is 10.2. The van der Waals surface area contributed by atoms with Gasteiger partial charge in [-0.1, -0.05) is 19.8 Å². The SMILES string of the molecule is CCC1CCCCCN1C(=O)c1sc2cnccc2c1N. The molecule has 2 N–H and O–H groups in total. The molecule has 1 aliphatic rings. The molecular formula is C16H21N3OS. The van der Waals surface area contributed by atoms with Gasteiger partial charge in [0.05, 0.1) is 10.4 Å². The van der Waals surface area contributed by atoms with Gasteiger partial charge in [-0.2, -0.15) is 0 Å². The number of aromatic nitrogens is 1. The number of likely N-dealkylation sites (tertiary alicyclic amines) is 1. The number of anilines is 1. The third-order valence-electron chi connectivity index (χ3n) is 4.33. The van der Waals surface area contributed by atoms with E-state index in [1.54, 1.807) is 12.4 Å². The molecule has 0 spiro atoms. The highest BCUT2D eigenvalue weighted by molar-refractivity contribution is 7.21. The summed E-state index contributed by atoms with van der Waals surface area (Å²) in [7, 11) is 0. The lowest BCUT2D eigenvalue weighted by Crippen LogP contribution is -2.39. The lowest BCUT2D eigenvalue weighted by Gasteiger charge is -2.29. The van der Waals surface area contributed by atoms with E-state index in [1.807, 2.05) is 11.0 Å². The van der Waals surface area contributed by atoms with Gasteiger partial charge in [-0.3, -0.25) is 9.78 Å². The summed E-state index contributed by atoms with van der Waals surface area (Å²) in [6.07, 6.45) is 9.15. The summed E-state index contributed by atoms with van der Waals surface area (Å²) in [4.78, 5) is 19.8. The van der Waals surface area contributed by atoms with Gasteiger partial charge >= 0.3 is 0 Å². The number of nitrogens with zero attached hydrogens (tertiary/aromatic N) is 2. The van der Waals surface area contributed by atoms with Crippen LogP contribution in [0, 0.1) is 0 Å². The van der Waals surface area contributed by atoms with Gasteiger partial charge < -0.3 is 10.6 Å². The highest BCUT2D eigenvalue weighted by Gasteiger charge is 2.28. The van der Waals surface area contributed by atoms with Crippen molar-refractivity contribution in [3.8, 4) is 0 Å². The predicted octanol–water partition coefficient (Wildman–Crippen LogP) is 3.67. The topological polar surface area (TPSA) is 59.2 Å². The minimum atomic E-state index is 0.0995. The van der Waals surface area contributed by atoms with E-state index in [-0.39, 0.29) is 5.91 Å². The van der Waals surface area contributed by atoms with Crippen LogP contribution in [0.2, 0.25) is 0 Å². The van der Waals surface area contributed by atoms with E-state index in [0.29, 0.717) is 16.6 Å². The van der Waals surface area contributed by atoms with Crippen molar-refractivity contribution in [1.82, 2.24) is 9.88 Å². The van der Waals surface area contributed by atoms with Crippen molar-refractivity contribution in [2.75, 3.05) is 12.3 Å². The summed E-state index contributed by atoms with van der Waals surface area (Å²) in [5, 5.41) is 0.946. The Morgan fingerprint density at radius 1 is 1.48 bits per heavy atom. The summed E-state index contributed by atoms with van der Waals surface area (Å²) >= 11 is 1.47. The quantitative estimate of drug-likeness (QED) is 0.920. The highest BCUT2D eigenvalue weighted by atomic mass is 32.1. The summed E-state index contributed by atoms with van der Waals surface area (Å²) in [5.74, 6) is 0.0995. The van der Waals surface area contributed by atoms with Crippen LogP contribution in [0.15, 0.2) is 18.5 Å². The first kappa shape index (κ1) is 14.3. The monoisotopic (exact) mass is 303 g/mol. The van der Waals surface area contributed by atoms with Crippen molar-refractivity contribution >= 4 is 33.0 Å². The Balaban J connectivity index is 1.96. The number of hydrogen-bond donors (Lipinski definition) is 1. The Bertz CT molecular complexity index is 652. The largest absolute Gasteiger partial charge is 0.397 e. The number of carbonyl (C=O) groups excluding carboxylic acids is 1. The van der Waals surface area contributed by atoms with E-state index < -0.39 is 0 Å². The third-order valence-corrected chi connectivity index (χ3v) is 5.48. The number of nitrogen functional groups attached to an aromatic ring is 1. The molecule has 3 heterocycles. The van der Waals surface area contributed by atoms with Crippen LogP contribution in [0.25, 0.3) is 10.1 Å². The summed E-state index contributed by atoms with van der Waals surface area (Å²) in [6.45, 7) is 3.01. The van der Waals surface area contributed by atoms with Gasteiger partial charge in [-0.05, 0) is 25.3 Å². The molecule has 2 aromatic heterocycles. The first-order valence-corrected chi connectivity index (χ1v) is 8.47. The fourth-order valence-electron chi connectivity index (χ4n) is 3.13. The molecule has 5 heteroatoms. The van der Waals surface area contributed by atoms with Crippen molar-refractivity contribution in [2.45, 2.75) is 45.1 Å². The maximum absolute atomic E-state index is 12.9. The number of pyridine rings is 1. The Kier molecular flexibility index (Phi) is 4.10. The van der Waals surface area contributed by atoms with Crippen molar-refractivity contribution in [3.63, 3.8) is 0 Å². The Hall–Kier alpha value is -1.62. The number of amides is 1. The van der Waals surface area contributed by atoms with Crippen LogP contribution in [-0.2, 0) is 0 Å². The van der Waals surface area contributed by atoms with Crippen molar-refractivity contribution in [1.29, 1.82) is 0 Å². The van der Waals surface area contributed by atoms with Crippen LogP contribution in [0.3, 0.4) is 0 Å². The number of carbonyl (C=O) groups is 1. The van der Waals surface area contributed by atoms with E-state index in [2.05, 4.69) is 11.9 Å². The number of nitrogens with two attached hydrogens (primary N) is 1. The van der Waals surface area contributed by atoms with Crippen molar-refractivity contribution in [3.05, 3.63) is 23.3 Å². The number of thiophene rings is 1. The summed E-state index contributed by atoms with van der Waals surface area (Å²) < 4.78 is 0.987. The number of fused-ring (bicyclic) bond motifs is 1. The summed E-state index contributed by atoms with van der Waals surface area (Å²) in [6, 6.07) is 2.24. The van der Waals surface area contributed by atoms with Crippen molar-refractivity contribution in [2.24, 2.45) is 0 Å². The van der Waals surface area contributed by atoms with Gasteiger partial charge in [0.15, 0.2) is 0 Å². The summed E-state index contributed by atoms with van der Waals surface area (Å²) in [5.41, 5.74) is 6.82. The van der Waals surface area contributed by atoms with Gasteiger partial charge in [-0.25, -0.2) is 0 Å². The molecule has 3 rings (SSSR count). The third kappa shape index (κ3) is 2.62. The second-order valence-electron chi connectivity index (χ2n) is 5.63. The zero-order chi connectivity index (χ0) is 14.8. The van der Waals surface area contributed by atoms with E-state index >= 15 is 0 Å². The van der Waals surface area contributed by atoms with E-state index in [9.17, 15) is 4.79 Å². The Morgan fingerprint density at radius 3 is 3.10 bits per heavy atom. The van der Waals surface area contributed by atoms with E-state index in [0.717, 1.165) is 35.9 Å². The first-order valence-electron chi connectivity index (χ1n) is 7.65. The fourth-order valence-corrected chi connectivity index (χ4v) is 4.18. The number of hydrogen-bond acceptors (Lipinski definition) is 4. The molecule has 0 radical (unpaired) electrons. The van der Waals surface area contributed by atoms with Crippen LogP contribution in [-0.4, -0.2) is 28.4 Å².